The maximum Gasteiger partial charge on any atom is 0.308 e. The Kier molecular flexibility index (Phi) is 9.14. The lowest BCUT2D eigenvalue weighted by Gasteiger charge is -2.21. The topological polar surface area (TPSA) is 130 Å². The molecule has 1 amide bonds. The van der Waals surface area contributed by atoms with Gasteiger partial charge in [-0.25, -0.2) is 0 Å². The second-order valence-corrected chi connectivity index (χ2v) is 7.47. The summed E-state index contributed by atoms with van der Waals surface area (Å²) in [6.45, 7) is 3.77. The highest BCUT2D eigenvalue weighted by Crippen LogP contribution is 2.23. The summed E-state index contributed by atoms with van der Waals surface area (Å²) in [4.78, 5) is 24.3. The van der Waals surface area contributed by atoms with Gasteiger partial charge in [0.05, 0.1) is 12.5 Å². The van der Waals surface area contributed by atoms with Crippen LogP contribution < -0.4 is 11.2 Å². The van der Waals surface area contributed by atoms with Crippen LogP contribution in [0.4, 0.5) is 0 Å². The van der Waals surface area contributed by atoms with Crippen LogP contribution in [0.5, 0.6) is 0 Å². The van der Waals surface area contributed by atoms with Gasteiger partial charge >= 0.3 is 5.97 Å². The van der Waals surface area contributed by atoms with Gasteiger partial charge in [-0.2, -0.15) is 0 Å². The van der Waals surface area contributed by atoms with Crippen molar-refractivity contribution in [2.75, 3.05) is 6.61 Å². The molecule has 2 rings (SSSR count). The van der Waals surface area contributed by atoms with Crippen molar-refractivity contribution in [2.24, 2.45) is 22.1 Å². The molecule has 0 fully saturated rings. The molecule has 0 saturated carbocycles. The summed E-state index contributed by atoms with van der Waals surface area (Å²) in [5.74, 6) is 2.83. The lowest BCUT2D eigenvalue weighted by Crippen LogP contribution is -2.41. The molecule has 0 aromatic heterocycles. The summed E-state index contributed by atoms with van der Waals surface area (Å²) < 4.78 is 5.07. The van der Waals surface area contributed by atoms with Crippen molar-refractivity contribution in [3.8, 4) is 11.1 Å². The van der Waals surface area contributed by atoms with Crippen LogP contribution >= 0.6 is 11.6 Å². The standard InChI is InChI=1S/C22H26ClN5O3/c1-3-31-22(30)14(2)11-19(26-21(29)20(24)27-28-25)12-15-7-9-16(10-8-15)17-5-4-6-18(23)13-17/h4-10,13-14,19H,3,11-12H2,1-2H3,(H,26,29)(H3,24,25,27)/t14-,19+/m1/s1. The molecular weight excluding hydrogens is 418 g/mol. The molecule has 0 bridgehead atoms. The highest BCUT2D eigenvalue weighted by Gasteiger charge is 2.23. The molecule has 2 atom stereocenters. The van der Waals surface area contributed by atoms with E-state index >= 15 is 0 Å². The Bertz CT molecular complexity index is 946. The van der Waals surface area contributed by atoms with Gasteiger partial charge in [0.1, 0.15) is 0 Å². The van der Waals surface area contributed by atoms with E-state index in [0.717, 1.165) is 16.7 Å². The van der Waals surface area contributed by atoms with E-state index in [0.29, 0.717) is 17.9 Å². The number of rotatable bonds is 8. The number of carbonyl (C=O) groups is 2. The fourth-order valence-corrected chi connectivity index (χ4v) is 3.33. The van der Waals surface area contributed by atoms with Crippen LogP contribution in [0.3, 0.4) is 0 Å². The van der Waals surface area contributed by atoms with Gasteiger partial charge in [0, 0.05) is 11.1 Å². The number of amides is 1. The normalized spacial score (nSPS) is 12.9. The first kappa shape index (κ1) is 24.0. The molecule has 8 nitrogen and oxygen atoms in total. The molecule has 31 heavy (non-hydrogen) atoms. The minimum atomic E-state index is -0.717. The number of carbonyl (C=O) groups excluding carboxylic acids is 2. The first-order chi connectivity index (χ1) is 14.8. The van der Waals surface area contributed by atoms with Crippen molar-refractivity contribution in [1.82, 2.24) is 5.32 Å². The van der Waals surface area contributed by atoms with Crippen molar-refractivity contribution in [3.05, 3.63) is 59.1 Å². The number of hydrogen-bond donors (Lipinski definition) is 3. The van der Waals surface area contributed by atoms with Crippen LogP contribution in [-0.4, -0.2) is 30.4 Å². The van der Waals surface area contributed by atoms with Gasteiger partial charge in [-0.05, 0) is 48.6 Å². The minimum absolute atomic E-state index is 0.284. The average molecular weight is 444 g/mol. The molecule has 0 unspecified atom stereocenters. The smallest absolute Gasteiger partial charge is 0.308 e. The number of esters is 1. The number of ether oxygens (including phenoxy) is 1. The van der Waals surface area contributed by atoms with Crippen LogP contribution in [0.25, 0.3) is 11.1 Å². The third-order valence-corrected chi connectivity index (χ3v) is 4.86. The van der Waals surface area contributed by atoms with E-state index in [1.807, 2.05) is 48.5 Å². The van der Waals surface area contributed by atoms with E-state index in [2.05, 4.69) is 15.7 Å². The summed E-state index contributed by atoms with van der Waals surface area (Å²) in [5, 5.41) is 17.2. The fourth-order valence-electron chi connectivity index (χ4n) is 3.14. The number of nitrogens with zero attached hydrogens (tertiary/aromatic N) is 2. The summed E-state index contributed by atoms with van der Waals surface area (Å²) in [7, 11) is 0. The van der Waals surface area contributed by atoms with Crippen LogP contribution in [0, 0.1) is 11.3 Å². The molecule has 0 aliphatic heterocycles. The molecule has 164 valence electrons. The first-order valence-corrected chi connectivity index (χ1v) is 10.2. The Morgan fingerprint density at radius 2 is 1.90 bits per heavy atom. The van der Waals surface area contributed by atoms with Crippen molar-refractivity contribution in [1.29, 1.82) is 5.41 Å². The monoisotopic (exact) mass is 443 g/mol. The molecule has 0 aliphatic carbocycles. The van der Waals surface area contributed by atoms with Crippen molar-refractivity contribution >= 4 is 29.3 Å². The maximum atomic E-state index is 12.2. The summed E-state index contributed by atoms with van der Waals surface area (Å²) >= 11 is 6.07. The lowest BCUT2D eigenvalue weighted by atomic mass is 9.95. The molecule has 9 heteroatoms. The Morgan fingerprint density at radius 1 is 1.19 bits per heavy atom. The minimum Gasteiger partial charge on any atom is -0.466 e. The molecule has 0 aliphatic rings. The van der Waals surface area contributed by atoms with Gasteiger partial charge < -0.3 is 15.9 Å². The fraction of sp³-hybridized carbons (Fsp3) is 0.318. The van der Waals surface area contributed by atoms with Crippen molar-refractivity contribution in [3.63, 3.8) is 0 Å². The van der Waals surface area contributed by atoms with E-state index in [-0.39, 0.29) is 12.6 Å². The molecule has 2 aromatic rings. The Balaban J connectivity index is 2.15. The highest BCUT2D eigenvalue weighted by atomic mass is 35.5. The predicted molar refractivity (Wildman–Crippen MR) is 120 cm³/mol. The van der Waals surface area contributed by atoms with Gasteiger partial charge in [-0.15, -0.1) is 5.11 Å². The first-order valence-electron chi connectivity index (χ1n) is 9.85. The third-order valence-electron chi connectivity index (χ3n) is 4.63. The summed E-state index contributed by atoms with van der Waals surface area (Å²) in [6.07, 6.45) is 0.798. The Morgan fingerprint density at radius 3 is 2.52 bits per heavy atom. The van der Waals surface area contributed by atoms with Gasteiger partial charge in [0.2, 0.25) is 5.84 Å². The molecular formula is C22H26ClN5O3. The summed E-state index contributed by atoms with van der Waals surface area (Å²) in [5.41, 5.74) is 2.97. The van der Waals surface area contributed by atoms with E-state index in [1.54, 1.807) is 13.8 Å². The molecule has 4 N–H and O–H groups in total. The number of benzene rings is 2. The number of nitrogens with two attached hydrogens (primary N) is 1. The van der Waals surface area contributed by atoms with Crippen LogP contribution in [-0.2, 0) is 20.7 Å². The Labute approximate surface area is 186 Å². The molecule has 0 saturated heterocycles. The van der Waals surface area contributed by atoms with E-state index in [1.165, 1.54) is 0 Å². The van der Waals surface area contributed by atoms with Crippen molar-refractivity contribution < 1.29 is 14.3 Å². The average Bonchev–Trinajstić information content (AvgIpc) is 2.74. The maximum absolute atomic E-state index is 12.2. The van der Waals surface area contributed by atoms with Gasteiger partial charge in [-0.3, -0.25) is 15.0 Å². The van der Waals surface area contributed by atoms with E-state index < -0.39 is 23.7 Å². The zero-order valence-electron chi connectivity index (χ0n) is 17.5. The number of amidine groups is 1. The molecule has 0 spiro atoms. The zero-order valence-corrected chi connectivity index (χ0v) is 18.2. The third kappa shape index (κ3) is 7.49. The summed E-state index contributed by atoms with van der Waals surface area (Å²) in [6, 6.07) is 15.0. The number of hydrogen-bond acceptors (Lipinski definition) is 5. The second-order valence-electron chi connectivity index (χ2n) is 7.03. The van der Waals surface area contributed by atoms with Gasteiger partial charge in [0.25, 0.3) is 5.91 Å². The second kappa shape index (κ2) is 11.8. The molecule has 0 radical (unpaired) electrons. The van der Waals surface area contributed by atoms with Crippen LogP contribution in [0.15, 0.2) is 58.9 Å². The van der Waals surface area contributed by atoms with Gasteiger partial charge in [-0.1, -0.05) is 60.1 Å². The van der Waals surface area contributed by atoms with Crippen LogP contribution in [0.1, 0.15) is 25.8 Å². The highest BCUT2D eigenvalue weighted by molar-refractivity contribution is 6.36. The van der Waals surface area contributed by atoms with Gasteiger partial charge in [0.15, 0.2) is 0 Å². The quantitative estimate of drug-likeness (QED) is 0.142. The van der Waals surface area contributed by atoms with E-state index in [4.69, 9.17) is 27.6 Å². The van der Waals surface area contributed by atoms with Crippen LogP contribution in [0.2, 0.25) is 5.02 Å². The zero-order chi connectivity index (χ0) is 22.8. The number of halogens is 1. The lowest BCUT2D eigenvalue weighted by molar-refractivity contribution is -0.148. The van der Waals surface area contributed by atoms with Crippen molar-refractivity contribution in [2.45, 2.75) is 32.7 Å². The molecule has 0 heterocycles. The Hall–Kier alpha value is -3.26. The van der Waals surface area contributed by atoms with E-state index in [9.17, 15) is 9.59 Å². The largest absolute Gasteiger partial charge is 0.466 e. The SMILES string of the molecule is CCOC(=O)[C@H](C)C[C@@H](Cc1ccc(-c2cccc(Cl)c2)cc1)NC(=O)C(=N)N=NN. The molecule has 2 aromatic carbocycles. The number of nitrogens with one attached hydrogen (secondary N) is 2. The predicted octanol–water partition coefficient (Wildman–Crippen LogP) is 3.93.